The molecule has 5 nitrogen and oxygen atoms in total. The van der Waals surface area contributed by atoms with E-state index in [4.69, 9.17) is 28.3 Å². The monoisotopic (exact) mass is 304 g/mol. The Kier molecular flexibility index (Phi) is 5.92. The van der Waals surface area contributed by atoms with Crippen molar-refractivity contribution in [2.45, 2.75) is 12.8 Å². The topological polar surface area (TPSA) is 69.6 Å². The smallest absolute Gasteiger partial charge is 0.321 e. The fourth-order valence-electron chi connectivity index (χ4n) is 1.37. The van der Waals surface area contributed by atoms with Crippen LogP contribution in [0, 0.1) is 0 Å². The molecule has 0 aliphatic rings. The molecule has 1 rings (SSSR count). The Bertz CT molecular complexity index is 480. The summed E-state index contributed by atoms with van der Waals surface area (Å²) in [6.45, 7) is 0.351. The Morgan fingerprint density at radius 2 is 2.05 bits per heavy atom. The first-order valence-corrected chi connectivity index (χ1v) is 6.34. The molecule has 0 heterocycles. The summed E-state index contributed by atoms with van der Waals surface area (Å²) in [5.74, 6) is -0.880. The van der Waals surface area contributed by atoms with E-state index in [1.807, 2.05) is 0 Å². The van der Waals surface area contributed by atoms with Crippen LogP contribution in [-0.4, -0.2) is 35.6 Å². The molecule has 0 radical (unpaired) electrons. The van der Waals surface area contributed by atoms with E-state index in [-0.39, 0.29) is 12.5 Å². The molecule has 104 valence electrons. The van der Waals surface area contributed by atoms with Gasteiger partial charge in [-0.2, -0.15) is 0 Å². The molecular weight excluding hydrogens is 291 g/mol. The van der Waals surface area contributed by atoms with Crippen molar-refractivity contribution in [2.75, 3.05) is 18.9 Å². The highest BCUT2D eigenvalue weighted by Gasteiger charge is 2.11. The van der Waals surface area contributed by atoms with Crippen molar-refractivity contribution in [3.05, 3.63) is 28.2 Å². The number of carbonyl (C=O) groups excluding carboxylic acids is 1. The van der Waals surface area contributed by atoms with E-state index in [1.165, 1.54) is 11.0 Å². The number of carbonyl (C=O) groups is 2. The Morgan fingerprint density at radius 1 is 1.37 bits per heavy atom. The molecule has 1 aromatic carbocycles. The van der Waals surface area contributed by atoms with Crippen LogP contribution < -0.4 is 5.32 Å². The third kappa shape index (κ3) is 5.36. The van der Waals surface area contributed by atoms with Gasteiger partial charge in [0.1, 0.15) is 0 Å². The van der Waals surface area contributed by atoms with Crippen molar-refractivity contribution in [3.63, 3.8) is 0 Å². The summed E-state index contributed by atoms with van der Waals surface area (Å²) >= 11 is 11.7. The minimum absolute atomic E-state index is 0.0271. The molecule has 0 atom stereocenters. The number of rotatable bonds is 5. The zero-order valence-electron chi connectivity index (χ0n) is 10.3. The molecule has 0 aliphatic carbocycles. The van der Waals surface area contributed by atoms with Crippen molar-refractivity contribution >= 4 is 40.9 Å². The van der Waals surface area contributed by atoms with Gasteiger partial charge in [-0.25, -0.2) is 4.79 Å². The SMILES string of the molecule is CN(CCCC(=O)O)C(=O)Nc1ccc(Cl)cc1Cl. The standard InChI is InChI=1S/C12H14Cl2N2O3/c1-16(6-2-3-11(17)18)12(19)15-10-5-4-8(13)7-9(10)14/h4-5,7H,2-3,6H2,1H3,(H,15,19)(H,17,18). The fraction of sp³-hybridized carbons (Fsp3) is 0.333. The fourth-order valence-corrected chi connectivity index (χ4v) is 1.83. The second-order valence-electron chi connectivity index (χ2n) is 3.97. The lowest BCUT2D eigenvalue weighted by Crippen LogP contribution is -2.32. The van der Waals surface area contributed by atoms with E-state index in [1.54, 1.807) is 19.2 Å². The molecule has 0 saturated heterocycles. The van der Waals surface area contributed by atoms with Gasteiger partial charge in [0.25, 0.3) is 0 Å². The third-order valence-corrected chi connectivity index (χ3v) is 2.95. The molecule has 19 heavy (non-hydrogen) atoms. The first-order chi connectivity index (χ1) is 8.90. The number of carboxylic acid groups (broad SMARTS) is 1. The molecule has 0 aliphatic heterocycles. The number of hydrogen-bond acceptors (Lipinski definition) is 2. The number of urea groups is 1. The first-order valence-electron chi connectivity index (χ1n) is 5.59. The van der Waals surface area contributed by atoms with Gasteiger partial charge in [0.15, 0.2) is 0 Å². The van der Waals surface area contributed by atoms with Crippen LogP contribution in [0.25, 0.3) is 0 Å². The van der Waals surface area contributed by atoms with Crippen LogP contribution in [0.3, 0.4) is 0 Å². The molecule has 2 N–H and O–H groups in total. The van der Waals surface area contributed by atoms with E-state index in [2.05, 4.69) is 5.32 Å². The number of nitrogens with one attached hydrogen (secondary N) is 1. The summed E-state index contributed by atoms with van der Waals surface area (Å²) in [7, 11) is 1.58. The molecule has 0 bridgehead atoms. The van der Waals surface area contributed by atoms with Crippen LogP contribution in [0.15, 0.2) is 18.2 Å². The van der Waals surface area contributed by atoms with Crippen molar-refractivity contribution in [1.29, 1.82) is 0 Å². The average molecular weight is 305 g/mol. The Hall–Kier alpha value is -1.46. The largest absolute Gasteiger partial charge is 0.481 e. The molecule has 2 amide bonds. The van der Waals surface area contributed by atoms with Gasteiger partial charge in [-0.05, 0) is 24.6 Å². The average Bonchev–Trinajstić information content (AvgIpc) is 2.32. The summed E-state index contributed by atoms with van der Waals surface area (Å²) in [5, 5.41) is 12.0. The minimum atomic E-state index is -0.880. The summed E-state index contributed by atoms with van der Waals surface area (Å²) in [4.78, 5) is 23.6. The quantitative estimate of drug-likeness (QED) is 0.876. The Labute approximate surface area is 121 Å². The van der Waals surface area contributed by atoms with E-state index < -0.39 is 5.97 Å². The zero-order chi connectivity index (χ0) is 14.4. The minimum Gasteiger partial charge on any atom is -0.481 e. The molecule has 7 heteroatoms. The van der Waals surface area contributed by atoms with Crippen molar-refractivity contribution in [3.8, 4) is 0 Å². The van der Waals surface area contributed by atoms with Crippen molar-refractivity contribution in [1.82, 2.24) is 4.90 Å². The maximum absolute atomic E-state index is 11.8. The highest BCUT2D eigenvalue weighted by Crippen LogP contribution is 2.25. The number of aliphatic carboxylic acids is 1. The number of halogens is 2. The van der Waals surface area contributed by atoms with Crippen LogP contribution in [0.1, 0.15) is 12.8 Å². The number of amides is 2. The van der Waals surface area contributed by atoms with Crippen LogP contribution in [0.5, 0.6) is 0 Å². The van der Waals surface area contributed by atoms with Gasteiger partial charge in [-0.3, -0.25) is 4.79 Å². The van der Waals surface area contributed by atoms with E-state index in [0.29, 0.717) is 28.7 Å². The lowest BCUT2D eigenvalue weighted by atomic mass is 10.3. The number of hydrogen-bond donors (Lipinski definition) is 2. The van der Waals surface area contributed by atoms with Crippen LogP contribution in [-0.2, 0) is 4.79 Å². The molecule has 0 fully saturated rings. The van der Waals surface area contributed by atoms with Crippen LogP contribution >= 0.6 is 23.2 Å². The van der Waals surface area contributed by atoms with Gasteiger partial charge in [-0.1, -0.05) is 23.2 Å². The van der Waals surface area contributed by atoms with Gasteiger partial charge in [-0.15, -0.1) is 0 Å². The summed E-state index contributed by atoms with van der Waals surface area (Å²) in [6.07, 6.45) is 0.424. The highest BCUT2D eigenvalue weighted by atomic mass is 35.5. The number of carboxylic acids is 1. The highest BCUT2D eigenvalue weighted by molar-refractivity contribution is 6.36. The summed E-state index contributed by atoms with van der Waals surface area (Å²) in [6, 6.07) is 4.40. The Morgan fingerprint density at radius 3 is 2.63 bits per heavy atom. The van der Waals surface area contributed by atoms with Crippen molar-refractivity contribution < 1.29 is 14.7 Å². The van der Waals surface area contributed by atoms with Crippen LogP contribution in [0.4, 0.5) is 10.5 Å². The zero-order valence-corrected chi connectivity index (χ0v) is 11.8. The molecule has 0 unspecified atom stereocenters. The van der Waals surface area contributed by atoms with Gasteiger partial charge in [0.2, 0.25) is 0 Å². The van der Waals surface area contributed by atoms with Crippen LogP contribution in [0.2, 0.25) is 10.0 Å². The number of nitrogens with zero attached hydrogens (tertiary/aromatic N) is 1. The van der Waals surface area contributed by atoms with E-state index in [9.17, 15) is 9.59 Å². The molecule has 0 spiro atoms. The molecule has 1 aromatic rings. The maximum Gasteiger partial charge on any atom is 0.321 e. The lowest BCUT2D eigenvalue weighted by Gasteiger charge is -2.18. The number of benzene rings is 1. The first kappa shape index (κ1) is 15.6. The second kappa shape index (κ2) is 7.21. The third-order valence-electron chi connectivity index (χ3n) is 2.40. The van der Waals surface area contributed by atoms with Gasteiger partial charge < -0.3 is 15.3 Å². The molecule has 0 aromatic heterocycles. The van der Waals surface area contributed by atoms with Gasteiger partial charge >= 0.3 is 12.0 Å². The molecular formula is C12H14Cl2N2O3. The normalized spacial score (nSPS) is 10.1. The van der Waals surface area contributed by atoms with Gasteiger partial charge in [0.05, 0.1) is 10.7 Å². The van der Waals surface area contributed by atoms with Crippen molar-refractivity contribution in [2.24, 2.45) is 0 Å². The van der Waals surface area contributed by atoms with E-state index >= 15 is 0 Å². The maximum atomic E-state index is 11.8. The lowest BCUT2D eigenvalue weighted by molar-refractivity contribution is -0.137. The Balaban J connectivity index is 2.51. The summed E-state index contributed by atoms with van der Waals surface area (Å²) < 4.78 is 0. The number of anilines is 1. The second-order valence-corrected chi connectivity index (χ2v) is 4.82. The van der Waals surface area contributed by atoms with E-state index in [0.717, 1.165) is 0 Å². The predicted molar refractivity (Wildman–Crippen MR) is 75.0 cm³/mol. The summed E-state index contributed by atoms with van der Waals surface area (Å²) in [5.41, 5.74) is 0.459. The predicted octanol–water partition coefficient (Wildman–Crippen LogP) is 3.32. The molecule has 0 saturated carbocycles. The van der Waals surface area contributed by atoms with Gasteiger partial charge in [0, 0.05) is 25.0 Å².